The molecule has 22 heavy (non-hydrogen) atoms. The lowest BCUT2D eigenvalue weighted by Crippen LogP contribution is -2.43. The Morgan fingerprint density at radius 1 is 1.00 bits per heavy atom. The second-order valence-electron chi connectivity index (χ2n) is 5.09. The van der Waals surface area contributed by atoms with Gasteiger partial charge in [0.25, 0.3) is 10.1 Å². The highest BCUT2D eigenvalue weighted by atomic mass is 32.2. The number of ketones is 2. The van der Waals surface area contributed by atoms with Gasteiger partial charge in [-0.15, -0.1) is 0 Å². The Balaban J connectivity index is 2.28. The summed E-state index contributed by atoms with van der Waals surface area (Å²) >= 11 is 0. The summed E-state index contributed by atoms with van der Waals surface area (Å²) in [6.07, 6.45) is 0.713. The lowest BCUT2D eigenvalue weighted by molar-refractivity contribution is 0.0747. The maximum absolute atomic E-state index is 12.5. The number of nitrogens with two attached hydrogens (primary N) is 1. The first-order valence-electron chi connectivity index (χ1n) is 6.28. The molecule has 0 unspecified atom stereocenters. The highest BCUT2D eigenvalue weighted by molar-refractivity contribution is 7.90. The smallest absolute Gasteiger partial charge is 0.296 e. The molecule has 0 amide bonds. The van der Waals surface area contributed by atoms with E-state index in [1.54, 1.807) is 12.1 Å². The normalized spacial score (nSPS) is 24.7. The molecule has 4 N–H and O–H groups in total. The largest absolute Gasteiger partial charge is 0.511 e. The molecule has 0 aromatic heterocycles. The number of aliphatic hydroxyl groups excluding tert-OH is 1. The van der Waals surface area contributed by atoms with Crippen LogP contribution in [0, 0.1) is 11.8 Å². The van der Waals surface area contributed by atoms with Gasteiger partial charge in [-0.05, 0) is 6.08 Å². The number of hydrogen-bond acceptors (Lipinski definition) is 6. The van der Waals surface area contributed by atoms with Crippen LogP contribution in [0.4, 0.5) is 0 Å². The molecule has 0 saturated carbocycles. The number of rotatable bonds is 1. The fourth-order valence-corrected chi connectivity index (χ4v) is 3.56. The lowest BCUT2D eigenvalue weighted by Gasteiger charge is -2.33. The zero-order valence-corrected chi connectivity index (χ0v) is 11.9. The highest BCUT2D eigenvalue weighted by Gasteiger charge is 2.48. The van der Waals surface area contributed by atoms with E-state index in [2.05, 4.69) is 0 Å². The van der Waals surface area contributed by atoms with E-state index in [0.717, 1.165) is 0 Å². The van der Waals surface area contributed by atoms with Crippen LogP contribution in [-0.2, 0) is 10.1 Å². The van der Waals surface area contributed by atoms with Gasteiger partial charge in [0.2, 0.25) is 0 Å². The molecule has 1 aromatic carbocycles. The van der Waals surface area contributed by atoms with Gasteiger partial charge in [0, 0.05) is 16.8 Å². The minimum Gasteiger partial charge on any atom is -0.511 e. The van der Waals surface area contributed by atoms with Crippen molar-refractivity contribution >= 4 is 21.7 Å². The van der Waals surface area contributed by atoms with Gasteiger partial charge in [-0.3, -0.25) is 14.1 Å². The van der Waals surface area contributed by atoms with Crippen molar-refractivity contribution in [2.24, 2.45) is 17.6 Å². The summed E-state index contributed by atoms with van der Waals surface area (Å²) in [6, 6.07) is 6.03. The van der Waals surface area contributed by atoms with Crippen molar-refractivity contribution in [3.63, 3.8) is 0 Å². The third kappa shape index (κ3) is 1.88. The van der Waals surface area contributed by atoms with Crippen molar-refractivity contribution in [1.82, 2.24) is 0 Å². The zero-order valence-electron chi connectivity index (χ0n) is 11.1. The second kappa shape index (κ2) is 4.52. The van der Waals surface area contributed by atoms with Crippen LogP contribution >= 0.6 is 0 Å². The van der Waals surface area contributed by atoms with Crippen LogP contribution in [0.5, 0.6) is 0 Å². The maximum Gasteiger partial charge on any atom is 0.296 e. The zero-order chi connectivity index (χ0) is 16.2. The summed E-state index contributed by atoms with van der Waals surface area (Å²) in [5.41, 5.74) is 5.52. The van der Waals surface area contributed by atoms with Gasteiger partial charge in [0.15, 0.2) is 11.6 Å². The predicted molar refractivity (Wildman–Crippen MR) is 75.6 cm³/mol. The third-order valence-electron chi connectivity index (χ3n) is 3.85. The Hall–Kier alpha value is -2.45. The van der Waals surface area contributed by atoms with Crippen LogP contribution in [0.1, 0.15) is 20.7 Å². The lowest BCUT2D eigenvalue weighted by atomic mass is 9.70. The van der Waals surface area contributed by atoms with Crippen molar-refractivity contribution in [3.05, 3.63) is 57.8 Å². The molecular formula is C14H11NO6S. The van der Waals surface area contributed by atoms with E-state index in [1.807, 2.05) is 0 Å². The summed E-state index contributed by atoms with van der Waals surface area (Å²) in [5.74, 6) is -4.32. The summed E-state index contributed by atoms with van der Waals surface area (Å²) in [4.78, 5) is 24.3. The van der Waals surface area contributed by atoms with E-state index in [9.17, 15) is 23.1 Å². The summed E-state index contributed by atoms with van der Waals surface area (Å²) in [6.45, 7) is 0. The molecule has 0 saturated heterocycles. The molecule has 2 aliphatic rings. The standard InChI is InChI=1S/C14H11NO6S/c15-12-9(22(19,20)21)5-8(16)10-11(12)14(18)7-4-2-1-3-6(7)13(10)17/h1-5,10-11,16H,15H2,(H,19,20,21)/t10-,11-/m1/s1. The monoisotopic (exact) mass is 321 g/mol. The van der Waals surface area contributed by atoms with E-state index in [-0.39, 0.29) is 11.1 Å². The van der Waals surface area contributed by atoms with Gasteiger partial charge in [-0.2, -0.15) is 8.42 Å². The third-order valence-corrected chi connectivity index (χ3v) is 4.76. The van der Waals surface area contributed by atoms with Crippen LogP contribution in [0.15, 0.2) is 46.7 Å². The molecule has 0 spiro atoms. The second-order valence-corrected chi connectivity index (χ2v) is 6.48. The Bertz CT molecular complexity index is 880. The number of Topliss-reactive ketones (excluding diaryl/α,β-unsaturated/α-hetero) is 2. The Kier molecular flexibility index (Phi) is 2.98. The minimum atomic E-state index is -4.72. The molecule has 0 radical (unpaired) electrons. The maximum atomic E-state index is 12.5. The molecule has 7 nitrogen and oxygen atoms in total. The summed E-state index contributed by atoms with van der Waals surface area (Å²) in [5, 5.41) is 9.99. The van der Waals surface area contributed by atoms with Crippen molar-refractivity contribution in [3.8, 4) is 0 Å². The average molecular weight is 321 g/mol. The molecule has 0 bridgehead atoms. The van der Waals surface area contributed by atoms with Gasteiger partial charge in [-0.25, -0.2) is 0 Å². The Labute approximate surface area is 125 Å². The van der Waals surface area contributed by atoms with Crippen LogP contribution < -0.4 is 5.73 Å². The van der Waals surface area contributed by atoms with Gasteiger partial charge < -0.3 is 10.8 Å². The first-order valence-corrected chi connectivity index (χ1v) is 7.72. The molecule has 3 rings (SSSR count). The number of carbonyl (C=O) groups is 2. The Morgan fingerprint density at radius 2 is 1.50 bits per heavy atom. The molecule has 0 heterocycles. The topological polar surface area (TPSA) is 135 Å². The van der Waals surface area contributed by atoms with E-state index in [4.69, 9.17) is 10.3 Å². The van der Waals surface area contributed by atoms with Gasteiger partial charge in [-0.1, -0.05) is 24.3 Å². The van der Waals surface area contributed by atoms with Gasteiger partial charge in [0.1, 0.15) is 10.7 Å². The number of fused-ring (bicyclic) bond motifs is 2. The van der Waals surface area contributed by atoms with E-state index < -0.39 is 49.9 Å². The van der Waals surface area contributed by atoms with Crippen LogP contribution in [0.25, 0.3) is 0 Å². The first-order chi connectivity index (χ1) is 10.2. The number of carbonyl (C=O) groups excluding carboxylic acids is 2. The SMILES string of the molecule is NC1=C(S(=O)(=O)O)C=C(O)[C@H]2C(=O)c3ccccc3C(=O)[C@@H]12. The fraction of sp³-hybridized carbons (Fsp3) is 0.143. The first kappa shape index (κ1) is 14.5. The van der Waals surface area contributed by atoms with Crippen molar-refractivity contribution < 1.29 is 27.7 Å². The quantitative estimate of drug-likeness (QED) is 0.651. The Morgan fingerprint density at radius 3 is 2.00 bits per heavy atom. The van der Waals surface area contributed by atoms with Gasteiger partial charge >= 0.3 is 0 Å². The molecule has 0 fully saturated rings. The van der Waals surface area contributed by atoms with Crippen molar-refractivity contribution in [1.29, 1.82) is 0 Å². The van der Waals surface area contributed by atoms with E-state index in [0.29, 0.717) is 6.08 Å². The van der Waals surface area contributed by atoms with Crippen molar-refractivity contribution in [2.45, 2.75) is 0 Å². The van der Waals surface area contributed by atoms with Crippen LogP contribution in [0.3, 0.4) is 0 Å². The molecule has 8 heteroatoms. The highest BCUT2D eigenvalue weighted by Crippen LogP contribution is 2.41. The van der Waals surface area contributed by atoms with Crippen LogP contribution in [-0.4, -0.2) is 29.6 Å². The van der Waals surface area contributed by atoms with E-state index in [1.165, 1.54) is 12.1 Å². The summed E-state index contributed by atoms with van der Waals surface area (Å²) in [7, 11) is -4.72. The number of benzene rings is 1. The number of hydrogen-bond donors (Lipinski definition) is 3. The van der Waals surface area contributed by atoms with Gasteiger partial charge in [0.05, 0.1) is 11.8 Å². The molecule has 114 valence electrons. The minimum absolute atomic E-state index is 0.112. The summed E-state index contributed by atoms with van der Waals surface area (Å²) < 4.78 is 31.8. The molecule has 1 aromatic rings. The number of aliphatic hydroxyl groups is 1. The molecule has 0 aliphatic heterocycles. The van der Waals surface area contributed by atoms with Crippen LogP contribution in [0.2, 0.25) is 0 Å². The fourth-order valence-electron chi connectivity index (χ4n) is 2.86. The van der Waals surface area contributed by atoms with E-state index >= 15 is 0 Å². The molecular weight excluding hydrogens is 310 g/mol. The number of allylic oxidation sites excluding steroid dienone is 3. The predicted octanol–water partition coefficient (Wildman–Crippen LogP) is 0.812. The van der Waals surface area contributed by atoms with Crippen molar-refractivity contribution in [2.75, 3.05) is 0 Å². The molecule has 2 atom stereocenters. The average Bonchev–Trinajstić information content (AvgIpc) is 2.45. The molecule has 2 aliphatic carbocycles.